The van der Waals surface area contributed by atoms with Crippen molar-refractivity contribution >= 4 is 17.7 Å². The number of aliphatic carboxylic acids is 1. The zero-order chi connectivity index (χ0) is 19.6. The maximum Gasteiger partial charge on any atom is 0.308 e. The van der Waals surface area contributed by atoms with Crippen LogP contribution in [0.2, 0.25) is 0 Å². The van der Waals surface area contributed by atoms with E-state index in [-0.39, 0.29) is 17.7 Å². The van der Waals surface area contributed by atoms with Gasteiger partial charge in [-0.2, -0.15) is 0 Å². The number of carboxylic acid groups (broad SMARTS) is 1. The highest BCUT2D eigenvalue weighted by Crippen LogP contribution is 2.23. The van der Waals surface area contributed by atoms with Crippen molar-refractivity contribution in [1.82, 2.24) is 5.32 Å². The standard InChI is InChI=1S/C21H29NO5/c1-15(23)16-10-12-17(13-11-16)27-14-6-9-20(24)22-19-8-5-3-2-4-7-18(19)21(25)26/h10-13,18-19H,2-9,14H2,1H3,(H,22,24)(H,25,26). The fourth-order valence-electron chi connectivity index (χ4n) is 3.44. The fourth-order valence-corrected chi connectivity index (χ4v) is 3.44. The van der Waals surface area contributed by atoms with Crippen molar-refractivity contribution in [1.29, 1.82) is 0 Å². The monoisotopic (exact) mass is 375 g/mol. The Kier molecular flexibility index (Phi) is 8.30. The predicted molar refractivity (Wildman–Crippen MR) is 102 cm³/mol. The molecule has 1 amide bonds. The van der Waals surface area contributed by atoms with E-state index in [1.807, 2.05) is 0 Å². The third kappa shape index (κ3) is 7.04. The summed E-state index contributed by atoms with van der Waals surface area (Å²) in [6, 6.07) is 6.62. The Morgan fingerprint density at radius 2 is 1.74 bits per heavy atom. The third-order valence-electron chi connectivity index (χ3n) is 5.01. The lowest BCUT2D eigenvalue weighted by molar-refractivity contribution is -0.143. The molecule has 0 aliphatic heterocycles. The molecule has 1 aromatic rings. The van der Waals surface area contributed by atoms with Gasteiger partial charge in [-0.1, -0.05) is 25.7 Å². The van der Waals surface area contributed by atoms with Crippen LogP contribution in [0.4, 0.5) is 0 Å². The van der Waals surface area contributed by atoms with E-state index < -0.39 is 11.9 Å². The lowest BCUT2D eigenvalue weighted by Gasteiger charge is -2.27. The molecule has 1 saturated carbocycles. The van der Waals surface area contributed by atoms with Gasteiger partial charge in [-0.25, -0.2) is 0 Å². The molecule has 0 heterocycles. The van der Waals surface area contributed by atoms with Gasteiger partial charge in [-0.05, 0) is 50.5 Å². The maximum absolute atomic E-state index is 12.2. The molecule has 6 nitrogen and oxygen atoms in total. The summed E-state index contributed by atoms with van der Waals surface area (Å²) in [6.45, 7) is 1.90. The van der Waals surface area contributed by atoms with Gasteiger partial charge in [0.05, 0.1) is 12.5 Å². The zero-order valence-electron chi connectivity index (χ0n) is 15.9. The van der Waals surface area contributed by atoms with E-state index in [9.17, 15) is 19.5 Å². The van der Waals surface area contributed by atoms with Crippen LogP contribution in [0.25, 0.3) is 0 Å². The largest absolute Gasteiger partial charge is 0.494 e. The minimum absolute atomic E-state index is 0.00658. The first-order valence-corrected chi connectivity index (χ1v) is 9.73. The summed E-state index contributed by atoms with van der Waals surface area (Å²) in [5.41, 5.74) is 0.633. The molecule has 0 spiro atoms. The van der Waals surface area contributed by atoms with Gasteiger partial charge in [-0.15, -0.1) is 0 Å². The van der Waals surface area contributed by atoms with Gasteiger partial charge in [-0.3, -0.25) is 14.4 Å². The summed E-state index contributed by atoms with van der Waals surface area (Å²) in [7, 11) is 0. The molecule has 2 rings (SSSR count). The van der Waals surface area contributed by atoms with Crippen LogP contribution in [-0.2, 0) is 9.59 Å². The number of hydrogen-bond acceptors (Lipinski definition) is 4. The van der Waals surface area contributed by atoms with Crippen molar-refractivity contribution in [2.24, 2.45) is 5.92 Å². The third-order valence-corrected chi connectivity index (χ3v) is 5.01. The molecule has 0 saturated heterocycles. The van der Waals surface area contributed by atoms with E-state index in [1.54, 1.807) is 24.3 Å². The molecule has 0 bridgehead atoms. The van der Waals surface area contributed by atoms with Gasteiger partial charge in [0.15, 0.2) is 5.78 Å². The molecular formula is C21H29NO5. The van der Waals surface area contributed by atoms with Crippen LogP contribution in [-0.4, -0.2) is 35.4 Å². The molecule has 1 aliphatic rings. The van der Waals surface area contributed by atoms with Crippen molar-refractivity contribution in [3.05, 3.63) is 29.8 Å². The number of carbonyl (C=O) groups excluding carboxylic acids is 2. The van der Waals surface area contributed by atoms with Gasteiger partial charge in [0.25, 0.3) is 0 Å². The zero-order valence-corrected chi connectivity index (χ0v) is 15.9. The van der Waals surface area contributed by atoms with Gasteiger partial charge >= 0.3 is 5.97 Å². The van der Waals surface area contributed by atoms with E-state index in [1.165, 1.54) is 6.92 Å². The first-order valence-electron chi connectivity index (χ1n) is 9.73. The van der Waals surface area contributed by atoms with E-state index >= 15 is 0 Å². The summed E-state index contributed by atoms with van der Waals surface area (Å²) < 4.78 is 5.59. The number of amides is 1. The summed E-state index contributed by atoms with van der Waals surface area (Å²) in [5.74, 6) is -0.773. The topological polar surface area (TPSA) is 92.7 Å². The van der Waals surface area contributed by atoms with Crippen molar-refractivity contribution in [2.45, 2.75) is 64.3 Å². The summed E-state index contributed by atoms with van der Waals surface area (Å²) in [5, 5.41) is 12.4. The second kappa shape index (κ2) is 10.7. The molecule has 2 atom stereocenters. The van der Waals surface area contributed by atoms with E-state index in [4.69, 9.17) is 4.74 Å². The summed E-state index contributed by atoms with van der Waals surface area (Å²) >= 11 is 0. The minimum atomic E-state index is -0.820. The van der Waals surface area contributed by atoms with Crippen LogP contribution in [0, 0.1) is 5.92 Å². The molecule has 1 aromatic carbocycles. The highest BCUT2D eigenvalue weighted by Gasteiger charge is 2.29. The SMILES string of the molecule is CC(=O)c1ccc(OCCCC(=O)NC2CCCCCCC2C(=O)O)cc1. The predicted octanol–water partition coefficient (Wildman–Crippen LogP) is 3.59. The number of hydrogen-bond donors (Lipinski definition) is 2. The van der Waals surface area contributed by atoms with Gasteiger partial charge in [0, 0.05) is 18.0 Å². The number of benzene rings is 1. The minimum Gasteiger partial charge on any atom is -0.494 e. The first kappa shape index (κ1) is 20.9. The first-order chi connectivity index (χ1) is 13.0. The second-order valence-electron chi connectivity index (χ2n) is 7.14. The van der Waals surface area contributed by atoms with Crippen LogP contribution in [0.15, 0.2) is 24.3 Å². The highest BCUT2D eigenvalue weighted by molar-refractivity contribution is 5.94. The van der Waals surface area contributed by atoms with E-state index in [2.05, 4.69) is 5.32 Å². The normalized spacial score (nSPS) is 20.2. The summed E-state index contributed by atoms with van der Waals surface area (Å²) in [6.07, 6.45) is 6.21. The van der Waals surface area contributed by atoms with Gasteiger partial charge in [0.2, 0.25) is 5.91 Å². The average Bonchev–Trinajstić information content (AvgIpc) is 2.61. The van der Waals surface area contributed by atoms with Crippen LogP contribution in [0.5, 0.6) is 5.75 Å². The lowest BCUT2D eigenvalue weighted by Crippen LogP contribution is -2.43. The van der Waals surface area contributed by atoms with Crippen molar-refractivity contribution < 1.29 is 24.2 Å². The second-order valence-corrected chi connectivity index (χ2v) is 7.14. The van der Waals surface area contributed by atoms with Crippen LogP contribution >= 0.6 is 0 Å². The van der Waals surface area contributed by atoms with Crippen LogP contribution in [0.3, 0.4) is 0 Å². The fraction of sp³-hybridized carbons (Fsp3) is 0.571. The van der Waals surface area contributed by atoms with Crippen LogP contribution < -0.4 is 10.1 Å². The Bertz CT molecular complexity index is 640. The lowest BCUT2D eigenvalue weighted by atomic mass is 9.86. The summed E-state index contributed by atoms with van der Waals surface area (Å²) in [4.78, 5) is 35.0. The molecule has 1 aliphatic carbocycles. The quantitative estimate of drug-likeness (QED) is 0.535. The van der Waals surface area contributed by atoms with Crippen molar-refractivity contribution in [3.8, 4) is 5.75 Å². The van der Waals surface area contributed by atoms with Crippen molar-refractivity contribution in [2.75, 3.05) is 6.61 Å². The number of ketones is 1. The number of ether oxygens (including phenoxy) is 1. The molecule has 27 heavy (non-hydrogen) atoms. The number of rotatable bonds is 8. The Morgan fingerprint density at radius 1 is 1.07 bits per heavy atom. The molecule has 2 N–H and O–H groups in total. The van der Waals surface area contributed by atoms with E-state index in [0.717, 1.165) is 32.1 Å². The smallest absolute Gasteiger partial charge is 0.308 e. The number of carbonyl (C=O) groups is 3. The molecular weight excluding hydrogens is 346 g/mol. The molecule has 1 fully saturated rings. The Morgan fingerprint density at radius 3 is 2.37 bits per heavy atom. The Labute approximate surface area is 160 Å². The Hall–Kier alpha value is -2.37. The number of carboxylic acids is 1. The van der Waals surface area contributed by atoms with Gasteiger partial charge in [0.1, 0.15) is 5.75 Å². The van der Waals surface area contributed by atoms with Crippen LogP contribution in [0.1, 0.15) is 68.6 Å². The Balaban J connectivity index is 1.74. The average molecular weight is 375 g/mol. The maximum atomic E-state index is 12.2. The molecule has 6 heteroatoms. The van der Waals surface area contributed by atoms with E-state index in [0.29, 0.717) is 37.2 Å². The molecule has 0 radical (unpaired) electrons. The van der Waals surface area contributed by atoms with Gasteiger partial charge < -0.3 is 15.2 Å². The van der Waals surface area contributed by atoms with Crippen molar-refractivity contribution in [3.63, 3.8) is 0 Å². The molecule has 0 aromatic heterocycles. The highest BCUT2D eigenvalue weighted by atomic mass is 16.5. The molecule has 2 unspecified atom stereocenters. The molecule has 148 valence electrons. The number of Topliss-reactive ketones (excluding diaryl/α,β-unsaturated/α-hetero) is 1. The number of nitrogens with one attached hydrogen (secondary N) is 1.